The number of nitrogens with one attached hydrogen (secondary N) is 1. The van der Waals surface area contributed by atoms with Gasteiger partial charge in [0.15, 0.2) is 0 Å². The summed E-state index contributed by atoms with van der Waals surface area (Å²) in [7, 11) is 0. The van der Waals surface area contributed by atoms with Crippen LogP contribution in [-0.4, -0.2) is 46.5 Å². The van der Waals surface area contributed by atoms with Crippen molar-refractivity contribution in [3.05, 3.63) is 40.8 Å². The molecule has 6 nitrogen and oxygen atoms in total. The third-order valence-electron chi connectivity index (χ3n) is 3.77. The third kappa shape index (κ3) is 2.95. The predicted molar refractivity (Wildman–Crippen MR) is 80.1 cm³/mol. The second-order valence-corrected chi connectivity index (χ2v) is 5.12. The summed E-state index contributed by atoms with van der Waals surface area (Å²) in [5.74, 6) is 0.101. The molecule has 1 aliphatic rings. The number of aromatic nitrogens is 2. The van der Waals surface area contributed by atoms with E-state index >= 15 is 0 Å². The van der Waals surface area contributed by atoms with E-state index in [-0.39, 0.29) is 11.5 Å². The zero-order chi connectivity index (χ0) is 14.7. The quantitative estimate of drug-likeness (QED) is 0.876. The monoisotopic (exact) mass is 286 g/mol. The van der Waals surface area contributed by atoms with Crippen molar-refractivity contribution in [2.45, 2.75) is 13.0 Å². The Balaban J connectivity index is 1.77. The van der Waals surface area contributed by atoms with Gasteiger partial charge >= 0.3 is 0 Å². The van der Waals surface area contributed by atoms with Crippen molar-refractivity contribution < 1.29 is 4.79 Å². The van der Waals surface area contributed by atoms with Crippen LogP contribution in [0, 0.1) is 0 Å². The van der Waals surface area contributed by atoms with Crippen molar-refractivity contribution in [3.63, 3.8) is 0 Å². The highest BCUT2D eigenvalue weighted by molar-refractivity contribution is 5.77. The number of carbonyl (C=O) groups is 1. The molecular formula is C15H18N4O2. The number of piperazine rings is 1. The summed E-state index contributed by atoms with van der Waals surface area (Å²) in [6, 6.07) is 7.48. The summed E-state index contributed by atoms with van der Waals surface area (Å²) in [6.07, 6.45) is 1.66. The third-order valence-corrected chi connectivity index (χ3v) is 3.77. The highest BCUT2D eigenvalue weighted by atomic mass is 16.2. The van der Waals surface area contributed by atoms with Crippen LogP contribution in [0.4, 0.5) is 0 Å². The lowest BCUT2D eigenvalue weighted by molar-refractivity contribution is -0.131. The van der Waals surface area contributed by atoms with Crippen molar-refractivity contribution in [3.8, 4) is 0 Å². The Kier molecular flexibility index (Phi) is 3.96. The largest absolute Gasteiger partial charge is 0.340 e. The molecule has 0 atom stereocenters. The maximum absolute atomic E-state index is 12.2. The van der Waals surface area contributed by atoms with Crippen LogP contribution in [0.2, 0.25) is 0 Å². The number of amides is 1. The Morgan fingerprint density at radius 1 is 1.24 bits per heavy atom. The molecule has 0 saturated carbocycles. The maximum Gasteiger partial charge on any atom is 0.269 e. The zero-order valence-corrected chi connectivity index (χ0v) is 11.8. The van der Waals surface area contributed by atoms with Crippen LogP contribution in [0.25, 0.3) is 11.0 Å². The molecule has 21 heavy (non-hydrogen) atoms. The maximum atomic E-state index is 12.2. The SMILES string of the molecule is O=C(CCn1c(=O)cnc2ccccc21)N1CCNCC1. The molecule has 1 aliphatic heterocycles. The molecule has 1 fully saturated rings. The number of fused-ring (bicyclic) bond motifs is 1. The minimum Gasteiger partial charge on any atom is -0.340 e. The smallest absolute Gasteiger partial charge is 0.269 e. The van der Waals surface area contributed by atoms with Gasteiger partial charge in [-0.1, -0.05) is 12.1 Å². The molecule has 1 N–H and O–H groups in total. The minimum atomic E-state index is -0.165. The van der Waals surface area contributed by atoms with Crippen molar-refractivity contribution in [1.82, 2.24) is 19.8 Å². The van der Waals surface area contributed by atoms with Crippen LogP contribution >= 0.6 is 0 Å². The van der Waals surface area contributed by atoms with Crippen molar-refractivity contribution in [2.24, 2.45) is 0 Å². The highest BCUT2D eigenvalue weighted by Crippen LogP contribution is 2.09. The molecule has 0 unspecified atom stereocenters. The molecule has 2 heterocycles. The normalized spacial score (nSPS) is 15.3. The van der Waals surface area contributed by atoms with E-state index in [0.717, 1.165) is 37.2 Å². The molecule has 1 aromatic heterocycles. The van der Waals surface area contributed by atoms with Crippen molar-refractivity contribution in [2.75, 3.05) is 26.2 Å². The fourth-order valence-electron chi connectivity index (χ4n) is 2.63. The van der Waals surface area contributed by atoms with E-state index in [1.165, 1.54) is 6.20 Å². The first-order valence-corrected chi connectivity index (χ1v) is 7.19. The van der Waals surface area contributed by atoms with E-state index in [4.69, 9.17) is 0 Å². The fourth-order valence-corrected chi connectivity index (χ4v) is 2.63. The van der Waals surface area contributed by atoms with Crippen LogP contribution < -0.4 is 10.9 Å². The van der Waals surface area contributed by atoms with Crippen LogP contribution in [0.3, 0.4) is 0 Å². The average molecular weight is 286 g/mol. The molecule has 0 bridgehead atoms. The fraction of sp³-hybridized carbons (Fsp3) is 0.400. The average Bonchev–Trinajstić information content (AvgIpc) is 2.54. The van der Waals surface area contributed by atoms with E-state index in [9.17, 15) is 9.59 Å². The van der Waals surface area contributed by atoms with Crippen LogP contribution in [0.5, 0.6) is 0 Å². The molecule has 0 aliphatic carbocycles. The molecule has 1 aromatic carbocycles. The van der Waals surface area contributed by atoms with Gasteiger partial charge in [-0.3, -0.25) is 9.59 Å². The highest BCUT2D eigenvalue weighted by Gasteiger charge is 2.16. The van der Waals surface area contributed by atoms with Gasteiger partial charge in [0.2, 0.25) is 5.91 Å². The summed E-state index contributed by atoms with van der Waals surface area (Å²) in [5.41, 5.74) is 1.38. The summed E-state index contributed by atoms with van der Waals surface area (Å²) >= 11 is 0. The molecule has 1 saturated heterocycles. The molecular weight excluding hydrogens is 268 g/mol. The van der Waals surface area contributed by atoms with Crippen molar-refractivity contribution in [1.29, 1.82) is 0 Å². The van der Waals surface area contributed by atoms with E-state index < -0.39 is 0 Å². The Hall–Kier alpha value is -2.21. The van der Waals surface area contributed by atoms with E-state index in [0.29, 0.717) is 13.0 Å². The Morgan fingerprint density at radius 2 is 2.00 bits per heavy atom. The number of benzene rings is 1. The molecule has 110 valence electrons. The van der Waals surface area contributed by atoms with Gasteiger partial charge < -0.3 is 14.8 Å². The van der Waals surface area contributed by atoms with Gasteiger partial charge in [-0.2, -0.15) is 0 Å². The van der Waals surface area contributed by atoms with E-state index in [2.05, 4.69) is 10.3 Å². The molecule has 2 aromatic rings. The van der Waals surface area contributed by atoms with Crippen LogP contribution in [-0.2, 0) is 11.3 Å². The van der Waals surface area contributed by atoms with Gasteiger partial charge in [0.1, 0.15) is 0 Å². The predicted octanol–water partition coefficient (Wildman–Crippen LogP) is 0.218. The number of hydrogen-bond acceptors (Lipinski definition) is 4. The number of carbonyl (C=O) groups excluding carboxylic acids is 1. The van der Waals surface area contributed by atoms with Gasteiger partial charge in [0.05, 0.1) is 17.2 Å². The zero-order valence-electron chi connectivity index (χ0n) is 11.8. The number of rotatable bonds is 3. The molecule has 6 heteroatoms. The second-order valence-electron chi connectivity index (χ2n) is 5.12. The Labute approximate surface area is 122 Å². The molecule has 1 amide bonds. The lowest BCUT2D eigenvalue weighted by atomic mass is 10.2. The van der Waals surface area contributed by atoms with Crippen LogP contribution in [0.1, 0.15) is 6.42 Å². The lowest BCUT2D eigenvalue weighted by Gasteiger charge is -2.27. The topological polar surface area (TPSA) is 67.2 Å². The number of nitrogens with zero attached hydrogens (tertiary/aromatic N) is 3. The van der Waals surface area contributed by atoms with E-state index in [1.54, 1.807) is 4.57 Å². The number of aryl methyl sites for hydroxylation is 1. The minimum absolute atomic E-state index is 0.101. The molecule has 0 spiro atoms. The van der Waals surface area contributed by atoms with E-state index in [1.807, 2.05) is 29.2 Å². The standard InChI is InChI=1S/C15H18N4O2/c20-14(18-9-6-16-7-10-18)5-8-19-13-4-2-1-3-12(13)17-11-15(19)21/h1-4,11,16H,5-10H2. The summed E-state index contributed by atoms with van der Waals surface area (Å²) in [4.78, 5) is 30.1. The van der Waals surface area contributed by atoms with Crippen molar-refractivity contribution >= 4 is 16.9 Å². The van der Waals surface area contributed by atoms with Gasteiger partial charge in [-0.05, 0) is 12.1 Å². The van der Waals surface area contributed by atoms with Gasteiger partial charge in [0, 0.05) is 39.1 Å². The summed E-state index contributed by atoms with van der Waals surface area (Å²) in [5, 5.41) is 3.22. The van der Waals surface area contributed by atoms with Gasteiger partial charge in [0.25, 0.3) is 5.56 Å². The molecule has 3 rings (SSSR count). The van der Waals surface area contributed by atoms with Crippen LogP contribution in [0.15, 0.2) is 35.3 Å². The molecule has 0 radical (unpaired) electrons. The lowest BCUT2D eigenvalue weighted by Crippen LogP contribution is -2.46. The first-order valence-electron chi connectivity index (χ1n) is 7.19. The summed E-state index contributed by atoms with van der Waals surface area (Å²) in [6.45, 7) is 3.55. The van der Waals surface area contributed by atoms with Gasteiger partial charge in [-0.25, -0.2) is 4.98 Å². The Morgan fingerprint density at radius 3 is 2.81 bits per heavy atom. The second kappa shape index (κ2) is 6.05. The first-order chi connectivity index (χ1) is 10.3. The summed E-state index contributed by atoms with van der Waals surface area (Å²) < 4.78 is 1.63. The first kappa shape index (κ1) is 13.8. The number of para-hydroxylation sites is 2. The van der Waals surface area contributed by atoms with Gasteiger partial charge in [-0.15, -0.1) is 0 Å². The Bertz CT molecular complexity index is 704. The number of hydrogen-bond donors (Lipinski definition) is 1.